The highest BCUT2D eigenvalue weighted by Crippen LogP contribution is 2.38. The van der Waals surface area contributed by atoms with Gasteiger partial charge in [0, 0.05) is 30.6 Å². The van der Waals surface area contributed by atoms with Gasteiger partial charge in [0.2, 0.25) is 0 Å². The van der Waals surface area contributed by atoms with Gasteiger partial charge in [-0.05, 0) is 54.7 Å². The number of aliphatic hydroxyl groups is 1. The average Bonchev–Trinajstić information content (AvgIpc) is 2.67. The molecule has 2 aromatic carbocycles. The lowest BCUT2D eigenvalue weighted by Gasteiger charge is -2.41. The second kappa shape index (κ2) is 8.85. The van der Waals surface area contributed by atoms with Crippen molar-refractivity contribution >= 4 is 22.0 Å². The van der Waals surface area contributed by atoms with Gasteiger partial charge in [-0.3, -0.25) is 0 Å². The molecule has 6 heteroatoms. The van der Waals surface area contributed by atoms with E-state index in [1.165, 1.54) is 12.1 Å². The van der Waals surface area contributed by atoms with Crippen LogP contribution in [0, 0.1) is 5.82 Å². The quantitative estimate of drug-likeness (QED) is 0.688. The zero-order valence-corrected chi connectivity index (χ0v) is 16.6. The molecule has 3 rings (SSSR count). The maximum absolute atomic E-state index is 13.3. The average molecular weight is 436 g/mol. The molecule has 0 bridgehead atoms. The summed E-state index contributed by atoms with van der Waals surface area (Å²) in [7, 11) is 0. The SMILES string of the molecule is O=C1OC(CCCO)(c2ccc(F)cc2)CCN1CCc1ccc(Br)cc1. The molecule has 0 spiro atoms. The molecule has 144 valence electrons. The first-order valence-electron chi connectivity index (χ1n) is 9.12. The molecule has 4 nitrogen and oxygen atoms in total. The fraction of sp³-hybridized carbons (Fsp3) is 0.381. The Morgan fingerprint density at radius 1 is 1.15 bits per heavy atom. The van der Waals surface area contributed by atoms with Gasteiger partial charge < -0.3 is 14.7 Å². The van der Waals surface area contributed by atoms with E-state index in [1.807, 2.05) is 24.3 Å². The number of ether oxygens (including phenoxy) is 1. The van der Waals surface area contributed by atoms with Crippen LogP contribution in [-0.2, 0) is 16.8 Å². The lowest BCUT2D eigenvalue weighted by atomic mass is 9.84. The Labute approximate surface area is 167 Å². The van der Waals surface area contributed by atoms with Gasteiger partial charge in [-0.2, -0.15) is 0 Å². The Hall–Kier alpha value is -1.92. The van der Waals surface area contributed by atoms with Crippen molar-refractivity contribution in [3.05, 3.63) is 69.9 Å². The summed E-state index contributed by atoms with van der Waals surface area (Å²) in [6.45, 7) is 1.17. The fourth-order valence-electron chi connectivity index (χ4n) is 3.45. The van der Waals surface area contributed by atoms with Crippen molar-refractivity contribution in [2.45, 2.75) is 31.3 Å². The van der Waals surface area contributed by atoms with Gasteiger partial charge in [0.1, 0.15) is 11.4 Å². The predicted octanol–water partition coefficient (Wildman–Crippen LogP) is 4.64. The highest BCUT2D eigenvalue weighted by molar-refractivity contribution is 9.10. The minimum absolute atomic E-state index is 0.0216. The first-order chi connectivity index (χ1) is 13.0. The molecular formula is C21H23BrFNO3. The molecule has 0 radical (unpaired) electrons. The van der Waals surface area contributed by atoms with Gasteiger partial charge in [-0.15, -0.1) is 0 Å². The number of halogens is 2. The van der Waals surface area contributed by atoms with Crippen LogP contribution in [0.4, 0.5) is 9.18 Å². The molecule has 1 heterocycles. The molecule has 27 heavy (non-hydrogen) atoms. The third-order valence-electron chi connectivity index (χ3n) is 5.02. The highest BCUT2D eigenvalue weighted by Gasteiger charge is 2.41. The lowest BCUT2D eigenvalue weighted by molar-refractivity contribution is -0.0605. The molecule has 1 atom stereocenters. The molecule has 0 aromatic heterocycles. The molecule has 2 aromatic rings. The summed E-state index contributed by atoms with van der Waals surface area (Å²) in [6.07, 6.45) is 2.04. The van der Waals surface area contributed by atoms with Crippen LogP contribution in [0.25, 0.3) is 0 Å². The monoisotopic (exact) mass is 435 g/mol. The standard InChI is InChI=1S/C21H23BrFNO3/c22-18-6-2-16(3-7-18)10-13-24-14-12-21(11-1-15-25,27-20(24)26)17-4-8-19(23)9-5-17/h2-9,25H,1,10-15H2. The second-order valence-electron chi connectivity index (χ2n) is 6.81. The third kappa shape index (κ3) is 4.87. The van der Waals surface area contributed by atoms with Crippen LogP contribution < -0.4 is 0 Å². The van der Waals surface area contributed by atoms with Crippen molar-refractivity contribution < 1.29 is 19.0 Å². The minimum Gasteiger partial charge on any atom is -0.438 e. The highest BCUT2D eigenvalue weighted by atomic mass is 79.9. The summed E-state index contributed by atoms with van der Waals surface area (Å²) in [6, 6.07) is 14.1. The Kier molecular flexibility index (Phi) is 6.50. The van der Waals surface area contributed by atoms with Crippen molar-refractivity contribution in [1.29, 1.82) is 0 Å². The van der Waals surface area contributed by atoms with Crippen molar-refractivity contribution in [2.24, 2.45) is 0 Å². The van der Waals surface area contributed by atoms with Gasteiger partial charge in [0.05, 0.1) is 0 Å². The summed E-state index contributed by atoms with van der Waals surface area (Å²) in [4.78, 5) is 14.4. The van der Waals surface area contributed by atoms with E-state index in [0.717, 1.165) is 22.0 Å². The van der Waals surface area contributed by atoms with E-state index in [0.29, 0.717) is 32.4 Å². The van der Waals surface area contributed by atoms with E-state index >= 15 is 0 Å². The Morgan fingerprint density at radius 3 is 2.48 bits per heavy atom. The number of amides is 1. The molecule has 1 saturated heterocycles. The smallest absolute Gasteiger partial charge is 0.410 e. The van der Waals surface area contributed by atoms with E-state index in [-0.39, 0.29) is 18.5 Å². The number of carbonyl (C=O) groups is 1. The summed E-state index contributed by atoms with van der Waals surface area (Å²) in [5.41, 5.74) is 1.13. The van der Waals surface area contributed by atoms with Crippen LogP contribution in [0.15, 0.2) is 53.0 Å². The van der Waals surface area contributed by atoms with E-state index in [9.17, 15) is 14.3 Å². The Morgan fingerprint density at radius 2 is 1.85 bits per heavy atom. The fourth-order valence-corrected chi connectivity index (χ4v) is 3.71. The summed E-state index contributed by atoms with van der Waals surface area (Å²) < 4.78 is 20.2. The van der Waals surface area contributed by atoms with Crippen LogP contribution >= 0.6 is 15.9 Å². The van der Waals surface area contributed by atoms with E-state index in [4.69, 9.17) is 4.74 Å². The lowest BCUT2D eigenvalue weighted by Crippen LogP contribution is -2.48. The number of benzene rings is 2. The van der Waals surface area contributed by atoms with Crippen LogP contribution in [0.2, 0.25) is 0 Å². The van der Waals surface area contributed by atoms with Crippen molar-refractivity contribution in [1.82, 2.24) is 4.90 Å². The van der Waals surface area contributed by atoms with Gasteiger partial charge in [-0.1, -0.05) is 40.2 Å². The van der Waals surface area contributed by atoms with Gasteiger partial charge in [0.25, 0.3) is 0 Å². The van der Waals surface area contributed by atoms with Crippen LogP contribution in [0.5, 0.6) is 0 Å². The van der Waals surface area contributed by atoms with Gasteiger partial charge in [-0.25, -0.2) is 9.18 Å². The summed E-state index contributed by atoms with van der Waals surface area (Å²) >= 11 is 3.42. The molecule has 1 aliphatic rings. The maximum Gasteiger partial charge on any atom is 0.410 e. The zero-order chi connectivity index (χ0) is 19.3. The molecule has 1 N–H and O–H groups in total. The first-order valence-corrected chi connectivity index (χ1v) is 9.91. The largest absolute Gasteiger partial charge is 0.438 e. The number of cyclic esters (lactones) is 1. The Bertz CT molecular complexity index is 766. The third-order valence-corrected chi connectivity index (χ3v) is 5.55. The van der Waals surface area contributed by atoms with Crippen molar-refractivity contribution in [3.63, 3.8) is 0 Å². The predicted molar refractivity (Wildman–Crippen MR) is 105 cm³/mol. The zero-order valence-electron chi connectivity index (χ0n) is 15.0. The Balaban J connectivity index is 1.68. The molecule has 1 amide bonds. The van der Waals surface area contributed by atoms with Crippen LogP contribution in [0.3, 0.4) is 0 Å². The summed E-state index contributed by atoms with van der Waals surface area (Å²) in [5.74, 6) is -0.325. The second-order valence-corrected chi connectivity index (χ2v) is 7.73. The normalized spacial score (nSPS) is 19.8. The summed E-state index contributed by atoms with van der Waals surface area (Å²) in [5, 5.41) is 9.24. The van der Waals surface area contributed by atoms with Crippen LogP contribution in [-0.4, -0.2) is 35.8 Å². The van der Waals surface area contributed by atoms with Gasteiger partial charge in [0.15, 0.2) is 0 Å². The van der Waals surface area contributed by atoms with E-state index in [2.05, 4.69) is 15.9 Å². The minimum atomic E-state index is -0.804. The number of aliphatic hydroxyl groups excluding tert-OH is 1. The molecule has 0 saturated carbocycles. The molecule has 1 fully saturated rings. The number of rotatable bonds is 7. The topological polar surface area (TPSA) is 49.8 Å². The molecule has 1 unspecified atom stereocenters. The van der Waals surface area contributed by atoms with Crippen LogP contribution in [0.1, 0.15) is 30.4 Å². The maximum atomic E-state index is 13.3. The molecular weight excluding hydrogens is 413 g/mol. The van der Waals surface area contributed by atoms with Crippen molar-refractivity contribution in [2.75, 3.05) is 19.7 Å². The van der Waals surface area contributed by atoms with E-state index in [1.54, 1.807) is 17.0 Å². The molecule has 0 aliphatic carbocycles. The van der Waals surface area contributed by atoms with Gasteiger partial charge >= 0.3 is 6.09 Å². The molecule has 1 aliphatic heterocycles. The first kappa shape index (κ1) is 19.8. The number of hydrogen-bond donors (Lipinski definition) is 1. The number of carbonyl (C=O) groups excluding carboxylic acids is 1. The number of nitrogens with zero attached hydrogens (tertiary/aromatic N) is 1. The van der Waals surface area contributed by atoms with E-state index < -0.39 is 5.60 Å². The van der Waals surface area contributed by atoms with Crippen molar-refractivity contribution in [3.8, 4) is 0 Å². The number of hydrogen-bond acceptors (Lipinski definition) is 3.